The second kappa shape index (κ2) is 5.07. The van der Waals surface area contributed by atoms with Crippen LogP contribution >= 0.6 is 0 Å². The van der Waals surface area contributed by atoms with E-state index in [4.69, 9.17) is 4.74 Å². The summed E-state index contributed by atoms with van der Waals surface area (Å²) >= 11 is 0. The van der Waals surface area contributed by atoms with Crippen LogP contribution in [0.15, 0.2) is 48.8 Å². The van der Waals surface area contributed by atoms with E-state index < -0.39 is 0 Å². The van der Waals surface area contributed by atoms with Crippen molar-refractivity contribution in [3.63, 3.8) is 0 Å². The Morgan fingerprint density at radius 1 is 1.14 bits per heavy atom. The lowest BCUT2D eigenvalue weighted by atomic mass is 10.2. The molecular formula is C16H13N5O. The van der Waals surface area contributed by atoms with Crippen molar-refractivity contribution in [1.82, 2.24) is 25.0 Å². The first kappa shape index (κ1) is 12.7. The van der Waals surface area contributed by atoms with E-state index in [1.807, 2.05) is 48.0 Å². The molecule has 0 saturated carbocycles. The minimum absolute atomic E-state index is 0.502. The molecule has 108 valence electrons. The second-order valence-electron chi connectivity index (χ2n) is 4.81. The zero-order chi connectivity index (χ0) is 14.9. The number of benzene rings is 1. The number of fused-ring (bicyclic) bond motifs is 2. The second-order valence-corrected chi connectivity index (χ2v) is 4.81. The maximum atomic E-state index is 5.52. The van der Waals surface area contributed by atoms with E-state index >= 15 is 0 Å². The molecule has 6 heteroatoms. The van der Waals surface area contributed by atoms with Gasteiger partial charge < -0.3 is 4.74 Å². The summed E-state index contributed by atoms with van der Waals surface area (Å²) in [5.74, 6) is 0.502. The Balaban J connectivity index is 1.97. The maximum absolute atomic E-state index is 5.52. The third kappa shape index (κ3) is 1.96. The van der Waals surface area contributed by atoms with Crippen molar-refractivity contribution in [2.45, 2.75) is 6.92 Å². The molecule has 6 nitrogen and oxygen atoms in total. The highest BCUT2D eigenvalue weighted by Crippen LogP contribution is 2.26. The first-order valence-electron chi connectivity index (χ1n) is 7.05. The van der Waals surface area contributed by atoms with Crippen LogP contribution in [0, 0.1) is 0 Å². The van der Waals surface area contributed by atoms with Crippen LogP contribution in [0.25, 0.3) is 27.6 Å². The monoisotopic (exact) mass is 291 g/mol. The van der Waals surface area contributed by atoms with Crippen LogP contribution in [-0.4, -0.2) is 31.6 Å². The van der Waals surface area contributed by atoms with Gasteiger partial charge in [-0.05, 0) is 25.1 Å². The topological polar surface area (TPSA) is 65.7 Å². The lowest BCUT2D eigenvalue weighted by molar-refractivity contribution is 0.327. The van der Waals surface area contributed by atoms with Gasteiger partial charge in [-0.2, -0.15) is 10.2 Å². The Hall–Kier alpha value is -3.02. The van der Waals surface area contributed by atoms with Crippen LogP contribution in [0.4, 0.5) is 0 Å². The smallest absolute Gasteiger partial charge is 0.242 e. The first-order chi connectivity index (χ1) is 10.9. The maximum Gasteiger partial charge on any atom is 0.242 e. The van der Waals surface area contributed by atoms with Crippen molar-refractivity contribution < 1.29 is 4.74 Å². The molecule has 0 aliphatic heterocycles. The molecule has 22 heavy (non-hydrogen) atoms. The minimum Gasteiger partial charge on any atom is -0.476 e. The van der Waals surface area contributed by atoms with Gasteiger partial charge in [-0.1, -0.05) is 18.2 Å². The molecule has 4 rings (SSSR count). The van der Waals surface area contributed by atoms with Crippen LogP contribution in [0.2, 0.25) is 0 Å². The van der Waals surface area contributed by atoms with Gasteiger partial charge in [0.1, 0.15) is 0 Å². The molecule has 0 atom stereocenters. The number of hydrogen-bond donors (Lipinski definition) is 0. The van der Waals surface area contributed by atoms with Gasteiger partial charge in [0.05, 0.1) is 35.6 Å². The molecule has 0 aliphatic rings. The normalized spacial score (nSPS) is 11.1. The quantitative estimate of drug-likeness (QED) is 0.580. The van der Waals surface area contributed by atoms with E-state index in [1.165, 1.54) is 0 Å². The summed E-state index contributed by atoms with van der Waals surface area (Å²) in [5.41, 5.74) is 2.49. The van der Waals surface area contributed by atoms with E-state index in [2.05, 4.69) is 20.3 Å². The number of ether oxygens (including phenoxy) is 1. The molecular weight excluding hydrogens is 278 g/mol. The molecule has 1 aromatic carbocycles. The van der Waals surface area contributed by atoms with Crippen molar-refractivity contribution in [2.75, 3.05) is 6.61 Å². The summed E-state index contributed by atoms with van der Waals surface area (Å²) in [6, 6.07) is 11.9. The van der Waals surface area contributed by atoms with Crippen LogP contribution in [0.1, 0.15) is 6.92 Å². The zero-order valence-electron chi connectivity index (χ0n) is 12.0. The van der Waals surface area contributed by atoms with E-state index in [0.717, 1.165) is 27.6 Å². The third-order valence-electron chi connectivity index (χ3n) is 3.41. The van der Waals surface area contributed by atoms with Gasteiger partial charge in [-0.15, -0.1) is 5.10 Å². The molecule has 0 aliphatic carbocycles. The number of aromatic nitrogens is 5. The SMILES string of the molecule is CCOc1nncc2nc3c(cnn3-c3ccccc3)cc12. The fourth-order valence-electron chi connectivity index (χ4n) is 2.43. The van der Waals surface area contributed by atoms with Crippen molar-refractivity contribution in [3.05, 3.63) is 48.8 Å². The van der Waals surface area contributed by atoms with Gasteiger partial charge >= 0.3 is 0 Å². The van der Waals surface area contributed by atoms with Crippen LogP contribution in [0.5, 0.6) is 5.88 Å². The predicted octanol–water partition coefficient (Wildman–Crippen LogP) is 2.76. The molecule has 0 amide bonds. The summed E-state index contributed by atoms with van der Waals surface area (Å²) in [6.07, 6.45) is 3.44. The molecule has 0 fully saturated rings. The number of pyridine rings is 1. The van der Waals surface area contributed by atoms with Gasteiger partial charge in [0.15, 0.2) is 5.65 Å². The molecule has 0 saturated heterocycles. The van der Waals surface area contributed by atoms with Gasteiger partial charge in [-0.3, -0.25) is 0 Å². The average molecular weight is 291 g/mol. The summed E-state index contributed by atoms with van der Waals surface area (Å²) in [7, 11) is 0. The van der Waals surface area contributed by atoms with Crippen LogP contribution in [0.3, 0.4) is 0 Å². The molecule has 0 radical (unpaired) electrons. The molecule has 4 aromatic rings. The van der Waals surface area contributed by atoms with E-state index in [9.17, 15) is 0 Å². The third-order valence-corrected chi connectivity index (χ3v) is 3.41. The Labute approximate surface area is 126 Å². The summed E-state index contributed by atoms with van der Waals surface area (Å²) in [4.78, 5) is 4.67. The molecule has 0 unspecified atom stereocenters. The van der Waals surface area contributed by atoms with Gasteiger partial charge in [-0.25, -0.2) is 9.67 Å². The highest BCUT2D eigenvalue weighted by Gasteiger charge is 2.11. The summed E-state index contributed by atoms with van der Waals surface area (Å²) < 4.78 is 7.33. The fraction of sp³-hybridized carbons (Fsp3) is 0.125. The highest BCUT2D eigenvalue weighted by molar-refractivity contribution is 5.93. The standard InChI is InChI=1S/C16H13N5O/c1-2-22-16-13-8-11-9-18-21(12-6-4-3-5-7-12)15(11)19-14(13)10-17-20-16/h3-10H,2H2,1H3. The zero-order valence-corrected chi connectivity index (χ0v) is 12.0. The molecule has 0 spiro atoms. The van der Waals surface area contributed by atoms with Gasteiger partial charge in [0.25, 0.3) is 0 Å². The van der Waals surface area contributed by atoms with E-state index in [1.54, 1.807) is 12.4 Å². The number of rotatable bonds is 3. The molecule has 0 N–H and O–H groups in total. The fourth-order valence-corrected chi connectivity index (χ4v) is 2.43. The largest absolute Gasteiger partial charge is 0.476 e. The van der Waals surface area contributed by atoms with E-state index in [0.29, 0.717) is 12.5 Å². The van der Waals surface area contributed by atoms with Crippen molar-refractivity contribution >= 4 is 21.9 Å². The molecule has 0 bridgehead atoms. The Kier molecular flexibility index (Phi) is 2.93. The predicted molar refractivity (Wildman–Crippen MR) is 83.1 cm³/mol. The average Bonchev–Trinajstić information content (AvgIpc) is 2.97. The Morgan fingerprint density at radius 3 is 2.82 bits per heavy atom. The Morgan fingerprint density at radius 2 is 2.00 bits per heavy atom. The number of nitrogens with zero attached hydrogens (tertiary/aromatic N) is 5. The molecule has 3 aromatic heterocycles. The van der Waals surface area contributed by atoms with Crippen LogP contribution in [-0.2, 0) is 0 Å². The van der Waals surface area contributed by atoms with Crippen LogP contribution < -0.4 is 4.74 Å². The van der Waals surface area contributed by atoms with Gasteiger partial charge in [0, 0.05) is 5.39 Å². The first-order valence-corrected chi connectivity index (χ1v) is 7.05. The Bertz CT molecular complexity index is 949. The lowest BCUT2D eigenvalue weighted by Gasteiger charge is -2.06. The minimum atomic E-state index is 0.502. The van der Waals surface area contributed by atoms with Crippen molar-refractivity contribution in [1.29, 1.82) is 0 Å². The highest BCUT2D eigenvalue weighted by atomic mass is 16.5. The molecule has 3 heterocycles. The van der Waals surface area contributed by atoms with Gasteiger partial charge in [0.2, 0.25) is 5.88 Å². The van der Waals surface area contributed by atoms with Crippen molar-refractivity contribution in [2.24, 2.45) is 0 Å². The van der Waals surface area contributed by atoms with Crippen molar-refractivity contribution in [3.8, 4) is 11.6 Å². The number of hydrogen-bond acceptors (Lipinski definition) is 5. The lowest BCUT2D eigenvalue weighted by Crippen LogP contribution is -2.00. The summed E-state index contributed by atoms with van der Waals surface area (Å²) in [5, 5.41) is 14.2. The summed E-state index contributed by atoms with van der Waals surface area (Å²) in [6.45, 7) is 2.45. The van der Waals surface area contributed by atoms with E-state index in [-0.39, 0.29) is 0 Å². The number of para-hydroxylation sites is 1.